The van der Waals surface area contributed by atoms with Crippen LogP contribution in [0.25, 0.3) is 0 Å². The van der Waals surface area contributed by atoms with Gasteiger partial charge in [-0.1, -0.05) is 30.3 Å². The summed E-state index contributed by atoms with van der Waals surface area (Å²) in [7, 11) is 0. The summed E-state index contributed by atoms with van der Waals surface area (Å²) >= 11 is 1.69. The zero-order valence-electron chi connectivity index (χ0n) is 17.7. The first-order chi connectivity index (χ1) is 15.6. The van der Waals surface area contributed by atoms with Crippen molar-refractivity contribution < 1.29 is 9.59 Å². The Morgan fingerprint density at radius 1 is 1.09 bits per heavy atom. The molecule has 0 saturated heterocycles. The molecule has 1 aliphatic heterocycles. The average molecular weight is 442 g/mol. The van der Waals surface area contributed by atoms with Gasteiger partial charge in [0.1, 0.15) is 0 Å². The lowest BCUT2D eigenvalue weighted by atomic mass is 9.73. The minimum atomic E-state index is -0.444. The van der Waals surface area contributed by atoms with E-state index >= 15 is 0 Å². The van der Waals surface area contributed by atoms with Crippen molar-refractivity contribution in [1.29, 1.82) is 0 Å². The van der Waals surface area contributed by atoms with Crippen molar-refractivity contribution in [3.8, 4) is 0 Å². The van der Waals surface area contributed by atoms with Gasteiger partial charge in [-0.25, -0.2) is 0 Å². The maximum Gasteiger partial charge on any atom is 0.254 e. The quantitative estimate of drug-likeness (QED) is 0.588. The van der Waals surface area contributed by atoms with Crippen LogP contribution in [-0.4, -0.2) is 16.7 Å². The van der Waals surface area contributed by atoms with Gasteiger partial charge in [-0.05, 0) is 48.6 Å². The van der Waals surface area contributed by atoms with E-state index in [9.17, 15) is 9.59 Å². The van der Waals surface area contributed by atoms with Crippen LogP contribution in [0.2, 0.25) is 0 Å². The number of allylic oxidation sites excluding steroid dienone is 3. The van der Waals surface area contributed by atoms with E-state index in [2.05, 4.69) is 21.7 Å². The van der Waals surface area contributed by atoms with Crippen molar-refractivity contribution in [1.82, 2.24) is 10.3 Å². The molecule has 3 heterocycles. The first-order valence-corrected chi connectivity index (χ1v) is 11.5. The molecule has 0 spiro atoms. The summed E-state index contributed by atoms with van der Waals surface area (Å²) in [6.07, 6.45) is 4.66. The van der Waals surface area contributed by atoms with E-state index in [1.165, 1.54) is 4.88 Å². The molecule has 5 rings (SSSR count). The highest BCUT2D eigenvalue weighted by Crippen LogP contribution is 2.46. The molecule has 32 heavy (non-hydrogen) atoms. The highest BCUT2D eigenvalue weighted by Gasteiger charge is 2.41. The second-order valence-electron chi connectivity index (χ2n) is 8.14. The number of Topliss-reactive ketones (excluding diaryl/α,β-unsaturated/α-hetero) is 1. The predicted molar refractivity (Wildman–Crippen MR) is 126 cm³/mol. The number of para-hydroxylation sites is 1. The maximum atomic E-state index is 13.5. The molecule has 3 aromatic rings. The van der Waals surface area contributed by atoms with Gasteiger partial charge in [-0.2, -0.15) is 0 Å². The summed E-state index contributed by atoms with van der Waals surface area (Å²) in [4.78, 5) is 32.4. The normalized spacial score (nSPS) is 20.6. The monoisotopic (exact) mass is 441 g/mol. The molecule has 1 aromatic carbocycles. The van der Waals surface area contributed by atoms with E-state index in [0.717, 1.165) is 29.1 Å². The number of rotatable bonds is 4. The molecule has 160 valence electrons. The number of ketones is 1. The number of dihydropyridines is 1. The highest BCUT2D eigenvalue weighted by atomic mass is 32.1. The van der Waals surface area contributed by atoms with Crippen molar-refractivity contribution in [2.45, 2.75) is 31.6 Å². The van der Waals surface area contributed by atoms with E-state index in [1.807, 2.05) is 60.8 Å². The third-order valence-corrected chi connectivity index (χ3v) is 7.10. The first kappa shape index (κ1) is 20.4. The van der Waals surface area contributed by atoms with Crippen molar-refractivity contribution in [2.75, 3.05) is 5.32 Å². The number of anilines is 1. The summed E-state index contributed by atoms with van der Waals surface area (Å²) in [5.41, 5.74) is 4.50. The van der Waals surface area contributed by atoms with E-state index in [-0.39, 0.29) is 17.6 Å². The Balaban J connectivity index is 1.56. The van der Waals surface area contributed by atoms with Crippen molar-refractivity contribution in [3.05, 3.63) is 105 Å². The van der Waals surface area contributed by atoms with Crippen molar-refractivity contribution >= 4 is 28.7 Å². The lowest BCUT2D eigenvalue weighted by Gasteiger charge is -2.36. The number of carbonyl (C=O) groups excluding carboxylic acids is 2. The molecule has 5 nitrogen and oxygen atoms in total. The van der Waals surface area contributed by atoms with Crippen molar-refractivity contribution in [3.63, 3.8) is 0 Å². The Kier molecular flexibility index (Phi) is 5.45. The van der Waals surface area contributed by atoms with Gasteiger partial charge in [0.2, 0.25) is 0 Å². The Morgan fingerprint density at radius 3 is 2.66 bits per heavy atom. The van der Waals surface area contributed by atoms with Gasteiger partial charge in [-0.15, -0.1) is 11.3 Å². The summed E-state index contributed by atoms with van der Waals surface area (Å²) in [6.45, 7) is 1.91. The summed E-state index contributed by atoms with van der Waals surface area (Å²) in [5.74, 6) is -0.408. The largest absolute Gasteiger partial charge is 0.362 e. The molecular formula is C26H23N3O2S. The fourth-order valence-electron chi connectivity index (χ4n) is 4.66. The number of hydrogen-bond donors (Lipinski definition) is 2. The van der Waals surface area contributed by atoms with Gasteiger partial charge < -0.3 is 10.6 Å². The topological polar surface area (TPSA) is 71.1 Å². The molecule has 0 unspecified atom stereocenters. The minimum absolute atomic E-state index is 0.0866. The molecule has 6 heteroatoms. The molecule has 2 aliphatic rings. The smallest absolute Gasteiger partial charge is 0.254 e. The molecule has 2 aromatic heterocycles. The molecule has 0 bridgehead atoms. The van der Waals surface area contributed by atoms with Gasteiger partial charge in [0, 0.05) is 63.8 Å². The number of benzene rings is 1. The Hall–Kier alpha value is -3.51. The van der Waals surface area contributed by atoms with Crippen LogP contribution >= 0.6 is 11.3 Å². The average Bonchev–Trinajstić information content (AvgIpc) is 3.34. The number of nitrogens with one attached hydrogen (secondary N) is 2. The lowest BCUT2D eigenvalue weighted by Crippen LogP contribution is -2.37. The molecule has 2 atom stereocenters. The number of aromatic nitrogens is 1. The second-order valence-corrected chi connectivity index (χ2v) is 9.12. The Morgan fingerprint density at radius 2 is 1.94 bits per heavy atom. The number of pyridine rings is 1. The molecular weight excluding hydrogens is 418 g/mol. The Labute approximate surface area is 190 Å². The predicted octanol–water partition coefficient (Wildman–Crippen LogP) is 5.14. The van der Waals surface area contributed by atoms with E-state index in [4.69, 9.17) is 0 Å². The molecule has 1 amide bonds. The SMILES string of the molecule is CC1=C(C(=O)Nc2ccccc2)[C@@H](c2cccnc2)C2=C(C[C@@H](c3cccs3)CC2=O)N1. The van der Waals surface area contributed by atoms with Gasteiger partial charge in [0.15, 0.2) is 5.78 Å². The van der Waals surface area contributed by atoms with Crippen LogP contribution in [0.15, 0.2) is 94.9 Å². The summed E-state index contributed by atoms with van der Waals surface area (Å²) < 4.78 is 0. The molecule has 0 radical (unpaired) electrons. The van der Waals surface area contributed by atoms with Gasteiger partial charge in [0.25, 0.3) is 5.91 Å². The summed E-state index contributed by atoms with van der Waals surface area (Å²) in [6, 6.07) is 17.3. The zero-order valence-corrected chi connectivity index (χ0v) is 18.5. The van der Waals surface area contributed by atoms with Gasteiger partial charge in [-0.3, -0.25) is 14.6 Å². The van der Waals surface area contributed by atoms with Crippen LogP contribution in [0.1, 0.15) is 42.0 Å². The van der Waals surface area contributed by atoms with Crippen LogP contribution in [0, 0.1) is 0 Å². The fraction of sp³-hybridized carbons (Fsp3) is 0.192. The molecule has 2 N–H and O–H groups in total. The van der Waals surface area contributed by atoms with Crippen LogP contribution in [0.3, 0.4) is 0 Å². The van der Waals surface area contributed by atoms with E-state index in [0.29, 0.717) is 17.6 Å². The van der Waals surface area contributed by atoms with Crippen LogP contribution in [-0.2, 0) is 9.59 Å². The standard InChI is InChI=1S/C26H23N3O2S/c1-16-23(26(31)29-19-8-3-2-4-9-19)24(17-7-5-11-27-15-17)25-20(28-16)13-18(14-21(25)30)22-10-6-12-32-22/h2-12,15,18,24,28H,13-14H2,1H3,(H,29,31)/t18-,24-/m1/s1. The highest BCUT2D eigenvalue weighted by molar-refractivity contribution is 7.10. The molecule has 1 aliphatic carbocycles. The maximum absolute atomic E-state index is 13.5. The number of hydrogen-bond acceptors (Lipinski definition) is 5. The minimum Gasteiger partial charge on any atom is -0.362 e. The van der Waals surface area contributed by atoms with Crippen LogP contribution < -0.4 is 10.6 Å². The third kappa shape index (κ3) is 3.78. The fourth-order valence-corrected chi connectivity index (χ4v) is 5.50. The number of carbonyl (C=O) groups is 2. The first-order valence-electron chi connectivity index (χ1n) is 10.7. The lowest BCUT2D eigenvalue weighted by molar-refractivity contribution is -0.116. The van der Waals surface area contributed by atoms with E-state index in [1.54, 1.807) is 23.7 Å². The van der Waals surface area contributed by atoms with Crippen LogP contribution in [0.4, 0.5) is 5.69 Å². The van der Waals surface area contributed by atoms with Gasteiger partial charge >= 0.3 is 0 Å². The van der Waals surface area contributed by atoms with Crippen LogP contribution in [0.5, 0.6) is 0 Å². The molecule has 0 saturated carbocycles. The number of thiophene rings is 1. The number of nitrogens with zero attached hydrogens (tertiary/aromatic N) is 1. The number of amides is 1. The van der Waals surface area contributed by atoms with Crippen molar-refractivity contribution in [2.24, 2.45) is 0 Å². The van der Waals surface area contributed by atoms with Gasteiger partial charge in [0.05, 0.1) is 0 Å². The Bertz CT molecular complexity index is 1210. The second kappa shape index (κ2) is 8.55. The van der Waals surface area contributed by atoms with E-state index < -0.39 is 5.92 Å². The zero-order chi connectivity index (χ0) is 22.1. The third-order valence-electron chi connectivity index (χ3n) is 6.07. The molecule has 0 fully saturated rings. The summed E-state index contributed by atoms with van der Waals surface area (Å²) in [5, 5.41) is 8.46.